The molecule has 0 aliphatic heterocycles. The lowest BCUT2D eigenvalue weighted by Crippen LogP contribution is -2.17. The first kappa shape index (κ1) is 17.3. The van der Waals surface area contributed by atoms with Crippen LogP contribution in [0.2, 0.25) is 0 Å². The summed E-state index contributed by atoms with van der Waals surface area (Å²) in [5.74, 6) is -0.693. The topological polar surface area (TPSA) is 56.7 Å². The summed E-state index contributed by atoms with van der Waals surface area (Å²) in [4.78, 5) is 7.15. The Morgan fingerprint density at radius 3 is 2.40 bits per heavy atom. The Bertz CT molecular complexity index is 899. The van der Waals surface area contributed by atoms with Gasteiger partial charge < -0.3 is 4.42 Å². The quantitative estimate of drug-likeness (QED) is 0.496. The van der Waals surface area contributed by atoms with Crippen LogP contribution in [-0.4, -0.2) is 19.7 Å². The van der Waals surface area contributed by atoms with Gasteiger partial charge in [0.15, 0.2) is 11.5 Å². The van der Waals surface area contributed by atoms with Crippen LogP contribution in [0.1, 0.15) is 17.1 Å². The highest BCUT2D eigenvalue weighted by molar-refractivity contribution is 6.21. The van der Waals surface area contributed by atoms with Gasteiger partial charge in [-0.05, 0) is 42.8 Å². The minimum Gasteiger partial charge on any atom is -0.463 e. The largest absolute Gasteiger partial charge is 0.463 e. The van der Waals surface area contributed by atoms with Gasteiger partial charge in [-0.3, -0.25) is 0 Å². The van der Waals surface area contributed by atoms with Crippen molar-refractivity contribution >= 4 is 11.6 Å². The third-order valence-corrected chi connectivity index (χ3v) is 3.28. The number of alkyl halides is 6. The summed E-state index contributed by atoms with van der Waals surface area (Å²) in [7, 11) is 0. The van der Waals surface area contributed by atoms with Crippen LogP contribution in [-0.2, 0) is 11.6 Å². The smallest absolute Gasteiger partial charge is 0.433 e. The van der Waals surface area contributed by atoms with Gasteiger partial charge in [0.1, 0.15) is 11.4 Å². The van der Waals surface area contributed by atoms with E-state index in [1.807, 2.05) is 0 Å². The monoisotopic (exact) mass is 378 g/mol. The van der Waals surface area contributed by atoms with Crippen LogP contribution in [0, 0.1) is 6.92 Å². The van der Waals surface area contributed by atoms with Crippen molar-refractivity contribution in [3.05, 3.63) is 47.6 Å². The molecule has 3 aromatic rings. The van der Waals surface area contributed by atoms with Crippen LogP contribution in [0.5, 0.6) is 0 Å². The molecule has 132 valence electrons. The van der Waals surface area contributed by atoms with Crippen molar-refractivity contribution in [1.82, 2.24) is 19.7 Å². The number of aromatic nitrogens is 4. The molecular formula is C14H8ClF5N4O. The van der Waals surface area contributed by atoms with E-state index >= 15 is 0 Å². The highest BCUT2D eigenvalue weighted by Crippen LogP contribution is 2.35. The van der Waals surface area contributed by atoms with Gasteiger partial charge >= 0.3 is 11.6 Å². The standard InChI is InChI=1S/C14H8ClF5N4O/c1-7-5-11(13(15,16)17)24(23-7)12-21-8(9-3-2-4-25-9)6-10(22-12)14(18,19)20/h2-6H,1H3. The Morgan fingerprint density at radius 1 is 1.12 bits per heavy atom. The molecule has 0 aromatic carbocycles. The van der Waals surface area contributed by atoms with Crippen molar-refractivity contribution in [3.8, 4) is 17.4 Å². The fraction of sp³-hybridized carbons (Fsp3) is 0.214. The lowest BCUT2D eigenvalue weighted by atomic mass is 10.2. The first-order chi connectivity index (χ1) is 11.6. The fourth-order valence-electron chi connectivity index (χ4n) is 2.08. The third kappa shape index (κ3) is 3.48. The van der Waals surface area contributed by atoms with Crippen molar-refractivity contribution in [2.45, 2.75) is 18.5 Å². The predicted molar refractivity (Wildman–Crippen MR) is 76.3 cm³/mol. The minimum atomic E-state index is -4.83. The molecule has 0 radical (unpaired) electrons. The van der Waals surface area contributed by atoms with Crippen LogP contribution >= 0.6 is 11.6 Å². The van der Waals surface area contributed by atoms with Gasteiger partial charge in [-0.1, -0.05) is 0 Å². The van der Waals surface area contributed by atoms with Gasteiger partial charge in [-0.15, -0.1) is 0 Å². The van der Waals surface area contributed by atoms with Gasteiger partial charge in [-0.25, -0.2) is 9.97 Å². The molecular weight excluding hydrogens is 371 g/mol. The zero-order chi connectivity index (χ0) is 18.4. The molecule has 0 amide bonds. The molecule has 0 aliphatic carbocycles. The molecule has 0 bridgehead atoms. The second kappa shape index (κ2) is 5.80. The highest BCUT2D eigenvalue weighted by Gasteiger charge is 2.37. The fourth-order valence-corrected chi connectivity index (χ4v) is 2.21. The molecule has 3 rings (SSSR count). The summed E-state index contributed by atoms with van der Waals surface area (Å²) >= 11 is 5.01. The van der Waals surface area contributed by atoms with Crippen LogP contribution in [0.4, 0.5) is 22.0 Å². The first-order valence-corrected chi connectivity index (χ1v) is 7.08. The summed E-state index contributed by atoms with van der Waals surface area (Å²) in [6, 6.07) is 4.40. The van der Waals surface area contributed by atoms with Gasteiger partial charge in [0.05, 0.1) is 12.0 Å². The van der Waals surface area contributed by atoms with Crippen molar-refractivity contribution in [1.29, 1.82) is 0 Å². The number of furan rings is 1. The number of aryl methyl sites for hydroxylation is 1. The second-order valence-corrected chi connectivity index (χ2v) is 5.47. The maximum atomic E-state index is 13.5. The predicted octanol–water partition coefficient (Wildman–Crippen LogP) is 4.54. The molecule has 11 heteroatoms. The van der Waals surface area contributed by atoms with E-state index in [4.69, 9.17) is 16.0 Å². The van der Waals surface area contributed by atoms with Crippen LogP contribution < -0.4 is 0 Å². The summed E-state index contributed by atoms with van der Waals surface area (Å²) < 4.78 is 71.9. The van der Waals surface area contributed by atoms with E-state index in [0.29, 0.717) is 10.7 Å². The summed E-state index contributed by atoms with van der Waals surface area (Å²) in [5, 5.41) is -0.149. The third-order valence-electron chi connectivity index (χ3n) is 3.09. The minimum absolute atomic E-state index is 0.0113. The Balaban J connectivity index is 2.25. The van der Waals surface area contributed by atoms with Crippen molar-refractivity contribution in [2.75, 3.05) is 0 Å². The van der Waals surface area contributed by atoms with E-state index < -0.39 is 28.9 Å². The molecule has 0 saturated carbocycles. The molecule has 3 heterocycles. The molecule has 0 unspecified atom stereocenters. The summed E-state index contributed by atoms with van der Waals surface area (Å²) in [6.45, 7) is 1.38. The van der Waals surface area contributed by atoms with Crippen LogP contribution in [0.25, 0.3) is 17.4 Å². The van der Waals surface area contributed by atoms with Gasteiger partial charge in [-0.2, -0.15) is 31.7 Å². The van der Waals surface area contributed by atoms with Crippen molar-refractivity contribution in [3.63, 3.8) is 0 Å². The molecule has 5 nitrogen and oxygen atoms in total. The number of halogens is 6. The molecule has 25 heavy (non-hydrogen) atoms. The molecule has 0 fully saturated rings. The number of hydrogen-bond donors (Lipinski definition) is 0. The SMILES string of the molecule is Cc1cc(C(F)(F)Cl)n(-c2nc(-c3ccco3)cc(C(F)(F)F)n2)n1. The summed E-state index contributed by atoms with van der Waals surface area (Å²) in [6.07, 6.45) is -3.59. The number of rotatable bonds is 3. The van der Waals surface area contributed by atoms with E-state index in [1.54, 1.807) is 0 Å². The molecule has 3 aromatic heterocycles. The van der Waals surface area contributed by atoms with E-state index in [0.717, 1.165) is 6.07 Å². The van der Waals surface area contributed by atoms with Crippen molar-refractivity contribution in [2.24, 2.45) is 0 Å². The first-order valence-electron chi connectivity index (χ1n) is 6.70. The van der Waals surface area contributed by atoms with Crippen LogP contribution in [0.15, 0.2) is 34.9 Å². The highest BCUT2D eigenvalue weighted by atomic mass is 35.5. The van der Waals surface area contributed by atoms with Crippen LogP contribution in [0.3, 0.4) is 0 Å². The molecule has 0 spiro atoms. The molecule has 0 aliphatic rings. The van der Waals surface area contributed by atoms with E-state index in [1.165, 1.54) is 25.3 Å². The van der Waals surface area contributed by atoms with Gasteiger partial charge in [0, 0.05) is 0 Å². The zero-order valence-corrected chi connectivity index (χ0v) is 13.1. The lowest BCUT2D eigenvalue weighted by Gasteiger charge is -2.13. The van der Waals surface area contributed by atoms with Gasteiger partial charge in [0.2, 0.25) is 0 Å². The van der Waals surface area contributed by atoms with Crippen molar-refractivity contribution < 1.29 is 26.4 Å². The summed E-state index contributed by atoms with van der Waals surface area (Å²) in [5.41, 5.74) is -2.31. The Kier molecular flexibility index (Phi) is 4.02. The Morgan fingerprint density at radius 2 is 1.84 bits per heavy atom. The normalized spacial score (nSPS) is 12.6. The van der Waals surface area contributed by atoms with Gasteiger partial charge in [0.25, 0.3) is 5.95 Å². The average molecular weight is 379 g/mol. The Labute approximate surface area is 142 Å². The zero-order valence-electron chi connectivity index (χ0n) is 12.4. The maximum absolute atomic E-state index is 13.5. The van der Waals surface area contributed by atoms with E-state index in [2.05, 4.69) is 15.1 Å². The average Bonchev–Trinajstić information content (AvgIpc) is 3.14. The van der Waals surface area contributed by atoms with E-state index in [-0.39, 0.29) is 17.1 Å². The Hall–Kier alpha value is -2.49. The number of hydrogen-bond acceptors (Lipinski definition) is 4. The molecule has 0 saturated heterocycles. The molecule has 0 N–H and O–H groups in total. The lowest BCUT2D eigenvalue weighted by molar-refractivity contribution is -0.141. The van der Waals surface area contributed by atoms with E-state index in [9.17, 15) is 22.0 Å². The molecule has 0 atom stereocenters. The maximum Gasteiger partial charge on any atom is 0.433 e. The second-order valence-electron chi connectivity index (χ2n) is 4.99. The number of nitrogens with zero attached hydrogens (tertiary/aromatic N) is 4.